The zero-order valence-corrected chi connectivity index (χ0v) is 20.3. The Bertz CT molecular complexity index is 1160. The summed E-state index contributed by atoms with van der Waals surface area (Å²) < 4.78 is 5.53. The number of carbonyl (C=O) groups is 4. The summed E-state index contributed by atoms with van der Waals surface area (Å²) >= 11 is 1.57. The second kappa shape index (κ2) is 9.13. The van der Waals surface area contributed by atoms with Crippen molar-refractivity contribution >= 4 is 52.5 Å². The highest BCUT2D eigenvalue weighted by molar-refractivity contribution is 7.98. The monoisotopic (exact) mass is 481 g/mol. The summed E-state index contributed by atoms with van der Waals surface area (Å²) in [5, 5.41) is 2.81. The van der Waals surface area contributed by atoms with Gasteiger partial charge in [-0.05, 0) is 57.4 Å². The number of nitrogens with one attached hydrogen (secondary N) is 1. The number of hydrogen-bond donors (Lipinski definition) is 1. The van der Waals surface area contributed by atoms with Crippen LogP contribution in [0, 0.1) is 5.92 Å². The molecule has 8 nitrogen and oxygen atoms in total. The molecule has 9 heteroatoms. The van der Waals surface area contributed by atoms with E-state index in [-0.39, 0.29) is 24.8 Å². The number of carbonyl (C=O) groups excluding carboxylic acids is 4. The van der Waals surface area contributed by atoms with Crippen LogP contribution in [0.1, 0.15) is 27.2 Å². The second-order valence-corrected chi connectivity index (χ2v) is 9.77. The average molecular weight is 482 g/mol. The summed E-state index contributed by atoms with van der Waals surface area (Å²) in [5.74, 6) is -2.28. The number of benzene rings is 2. The fourth-order valence-corrected chi connectivity index (χ4v) is 4.70. The molecule has 34 heavy (non-hydrogen) atoms. The fourth-order valence-electron chi connectivity index (χ4n) is 4.24. The van der Waals surface area contributed by atoms with Crippen LogP contribution in [0.3, 0.4) is 0 Å². The highest BCUT2D eigenvalue weighted by Gasteiger charge is 2.46. The predicted octanol–water partition coefficient (Wildman–Crippen LogP) is 3.46. The number of fused-ring (bicyclic) bond motifs is 1. The summed E-state index contributed by atoms with van der Waals surface area (Å²) in [4.78, 5) is 55.5. The molecule has 2 atom stereocenters. The second-order valence-electron chi connectivity index (χ2n) is 8.89. The molecular formula is C25H27N3O5S. The van der Waals surface area contributed by atoms with Crippen LogP contribution in [0.15, 0.2) is 53.4 Å². The summed E-state index contributed by atoms with van der Waals surface area (Å²) in [6.07, 6.45) is 0.841. The Morgan fingerprint density at radius 3 is 2.62 bits per heavy atom. The number of ether oxygens (including phenoxy) is 1. The molecule has 0 aliphatic carbocycles. The number of hydrogen-bond acceptors (Lipinski definition) is 6. The zero-order valence-electron chi connectivity index (χ0n) is 19.5. The van der Waals surface area contributed by atoms with E-state index in [0.717, 1.165) is 10.6 Å². The Balaban J connectivity index is 1.48. The zero-order chi connectivity index (χ0) is 24.6. The third kappa shape index (κ3) is 4.27. The minimum absolute atomic E-state index is 0.0175. The Labute approximate surface area is 202 Å². The van der Waals surface area contributed by atoms with Crippen molar-refractivity contribution in [3.8, 4) is 0 Å². The lowest BCUT2D eigenvalue weighted by Gasteiger charge is -2.42. The van der Waals surface area contributed by atoms with Crippen molar-refractivity contribution in [1.82, 2.24) is 0 Å². The maximum atomic E-state index is 13.4. The van der Waals surface area contributed by atoms with Crippen LogP contribution < -0.4 is 15.1 Å². The number of thioether (sulfide) groups is 1. The van der Waals surface area contributed by atoms with E-state index in [1.54, 1.807) is 54.8 Å². The first-order chi connectivity index (χ1) is 16.1. The number of rotatable bonds is 5. The Morgan fingerprint density at radius 2 is 1.88 bits per heavy atom. The minimum atomic E-state index is -1.17. The van der Waals surface area contributed by atoms with Gasteiger partial charge in [0.25, 0.3) is 5.91 Å². The third-order valence-corrected chi connectivity index (χ3v) is 6.92. The van der Waals surface area contributed by atoms with Gasteiger partial charge < -0.3 is 15.0 Å². The van der Waals surface area contributed by atoms with Crippen LogP contribution in [-0.4, -0.2) is 48.1 Å². The molecule has 0 radical (unpaired) electrons. The van der Waals surface area contributed by atoms with Crippen molar-refractivity contribution < 1.29 is 23.9 Å². The van der Waals surface area contributed by atoms with Gasteiger partial charge in [0.15, 0.2) is 6.10 Å². The molecule has 2 heterocycles. The lowest BCUT2D eigenvalue weighted by Crippen LogP contribution is -2.60. The first kappa shape index (κ1) is 23.8. The van der Waals surface area contributed by atoms with Gasteiger partial charge in [0.05, 0.1) is 17.3 Å². The van der Waals surface area contributed by atoms with E-state index in [2.05, 4.69) is 5.32 Å². The van der Waals surface area contributed by atoms with Crippen molar-refractivity contribution in [2.75, 3.05) is 27.9 Å². The molecule has 2 aliphatic rings. The number of nitrogens with zero attached hydrogens (tertiary/aromatic N) is 2. The topological polar surface area (TPSA) is 96.0 Å². The smallest absolute Gasteiger partial charge is 0.312 e. The molecule has 0 spiro atoms. The molecule has 0 unspecified atom stereocenters. The molecule has 1 N–H and O–H groups in total. The van der Waals surface area contributed by atoms with Crippen LogP contribution in [0.25, 0.3) is 0 Å². The molecule has 4 rings (SSSR count). The predicted molar refractivity (Wildman–Crippen MR) is 131 cm³/mol. The maximum absolute atomic E-state index is 13.4. The van der Waals surface area contributed by atoms with Crippen LogP contribution >= 0.6 is 11.8 Å². The quantitative estimate of drug-likeness (QED) is 0.519. The largest absolute Gasteiger partial charge is 0.452 e. The standard InChI is InChI=1S/C25H27N3O5S/c1-15(22(30)28-20-11-6-5-10-19(20)26-24(32)25(28,2)3)33-23(31)16-12-21(29)27(14-16)17-8-7-9-18(13-17)34-4/h5-11,13,15-16H,12,14H2,1-4H3,(H,26,32)/t15-,16+/m0/s1. The van der Waals surface area contributed by atoms with Gasteiger partial charge in [-0.25, -0.2) is 0 Å². The number of esters is 1. The van der Waals surface area contributed by atoms with Crippen molar-refractivity contribution in [1.29, 1.82) is 0 Å². The first-order valence-corrected chi connectivity index (χ1v) is 12.3. The molecule has 1 fully saturated rings. The molecule has 178 valence electrons. The lowest BCUT2D eigenvalue weighted by atomic mass is 9.95. The van der Waals surface area contributed by atoms with Gasteiger partial charge in [-0.15, -0.1) is 11.8 Å². The van der Waals surface area contributed by atoms with Crippen LogP contribution in [-0.2, 0) is 23.9 Å². The van der Waals surface area contributed by atoms with Crippen LogP contribution in [0.5, 0.6) is 0 Å². The molecule has 3 amide bonds. The first-order valence-electron chi connectivity index (χ1n) is 11.0. The number of anilines is 3. The molecule has 0 bridgehead atoms. The van der Waals surface area contributed by atoms with Gasteiger partial charge in [0.2, 0.25) is 11.8 Å². The fraction of sp³-hybridized carbons (Fsp3) is 0.360. The van der Waals surface area contributed by atoms with Crippen LogP contribution in [0.2, 0.25) is 0 Å². The van der Waals surface area contributed by atoms with Gasteiger partial charge in [-0.2, -0.15) is 0 Å². The molecule has 1 saturated heterocycles. The molecule has 0 aromatic heterocycles. The van der Waals surface area contributed by atoms with E-state index in [4.69, 9.17) is 4.74 Å². The molecular weight excluding hydrogens is 454 g/mol. The highest BCUT2D eigenvalue weighted by Crippen LogP contribution is 2.37. The maximum Gasteiger partial charge on any atom is 0.312 e. The van der Waals surface area contributed by atoms with Crippen LogP contribution in [0.4, 0.5) is 17.1 Å². The van der Waals surface area contributed by atoms with E-state index in [1.807, 2.05) is 30.5 Å². The summed E-state index contributed by atoms with van der Waals surface area (Å²) in [6, 6.07) is 14.5. The Kier molecular flexibility index (Phi) is 6.40. The van der Waals surface area contributed by atoms with Gasteiger partial charge in [-0.1, -0.05) is 18.2 Å². The number of para-hydroxylation sites is 2. The summed E-state index contributed by atoms with van der Waals surface area (Å²) in [5.41, 5.74) is 0.613. The summed E-state index contributed by atoms with van der Waals surface area (Å²) in [6.45, 7) is 4.96. The molecule has 2 aromatic rings. The van der Waals surface area contributed by atoms with Gasteiger partial charge >= 0.3 is 5.97 Å². The molecule has 2 aromatic carbocycles. The normalized spacial score (nSPS) is 19.9. The van der Waals surface area contributed by atoms with E-state index in [1.165, 1.54) is 11.8 Å². The van der Waals surface area contributed by atoms with E-state index in [0.29, 0.717) is 11.4 Å². The summed E-state index contributed by atoms with van der Waals surface area (Å²) in [7, 11) is 0. The molecule has 0 saturated carbocycles. The lowest BCUT2D eigenvalue weighted by molar-refractivity contribution is -0.158. The van der Waals surface area contributed by atoms with Crippen molar-refractivity contribution in [3.63, 3.8) is 0 Å². The highest BCUT2D eigenvalue weighted by atomic mass is 32.2. The Morgan fingerprint density at radius 1 is 1.15 bits per heavy atom. The SMILES string of the molecule is CSc1cccc(N2C[C@H](C(=O)O[C@@H](C)C(=O)N3c4ccccc4NC(=O)C3(C)C)CC2=O)c1. The molecule has 2 aliphatic heterocycles. The van der Waals surface area contributed by atoms with Gasteiger partial charge in [0, 0.05) is 23.5 Å². The van der Waals surface area contributed by atoms with Gasteiger partial charge in [0.1, 0.15) is 5.54 Å². The van der Waals surface area contributed by atoms with E-state index >= 15 is 0 Å². The average Bonchev–Trinajstić information content (AvgIpc) is 3.21. The number of amides is 3. The van der Waals surface area contributed by atoms with Gasteiger partial charge in [-0.3, -0.25) is 24.1 Å². The van der Waals surface area contributed by atoms with E-state index in [9.17, 15) is 19.2 Å². The van der Waals surface area contributed by atoms with E-state index < -0.39 is 29.4 Å². The minimum Gasteiger partial charge on any atom is -0.452 e. The van der Waals surface area contributed by atoms with Crippen molar-refractivity contribution in [2.24, 2.45) is 5.92 Å². The van der Waals surface area contributed by atoms with Crippen molar-refractivity contribution in [2.45, 2.75) is 43.7 Å². The van der Waals surface area contributed by atoms with Crippen molar-refractivity contribution in [3.05, 3.63) is 48.5 Å². The Hall–Kier alpha value is -3.33. The third-order valence-electron chi connectivity index (χ3n) is 6.19.